The lowest BCUT2D eigenvalue weighted by Crippen LogP contribution is -2.41. The average molecular weight is 431 g/mol. The van der Waals surface area contributed by atoms with Crippen LogP contribution in [0.1, 0.15) is 40.5 Å². The predicted octanol–water partition coefficient (Wildman–Crippen LogP) is 2.39. The lowest BCUT2D eigenvalue weighted by molar-refractivity contribution is 0.0787. The molecule has 1 saturated heterocycles. The molecule has 30 heavy (non-hydrogen) atoms. The van der Waals surface area contributed by atoms with E-state index in [0.717, 1.165) is 23.2 Å². The predicted molar refractivity (Wildman–Crippen MR) is 109 cm³/mol. The highest BCUT2D eigenvalue weighted by Gasteiger charge is 2.33. The van der Waals surface area contributed by atoms with Gasteiger partial charge in [0, 0.05) is 19.1 Å². The Hall–Kier alpha value is -2.94. The van der Waals surface area contributed by atoms with Crippen LogP contribution in [0, 0.1) is 5.82 Å². The molecule has 0 unspecified atom stereocenters. The van der Waals surface area contributed by atoms with Crippen molar-refractivity contribution >= 4 is 27.5 Å². The number of likely N-dealkylation sites (tertiary alicyclic amines) is 1. The summed E-state index contributed by atoms with van der Waals surface area (Å²) in [5, 5.41) is 2.75. The lowest BCUT2D eigenvalue weighted by atomic mass is 10.1. The van der Waals surface area contributed by atoms with Crippen molar-refractivity contribution in [3.8, 4) is 0 Å². The zero-order valence-electron chi connectivity index (χ0n) is 16.5. The molecule has 2 aromatic carbocycles. The molecule has 2 heterocycles. The Kier molecular flexibility index (Phi) is 5.23. The van der Waals surface area contributed by atoms with Gasteiger partial charge in [-0.1, -0.05) is 12.1 Å². The number of amides is 2. The maximum Gasteiger partial charge on any atom is 0.264 e. The first-order chi connectivity index (χ1) is 14.3. The third kappa shape index (κ3) is 3.54. The summed E-state index contributed by atoms with van der Waals surface area (Å²) >= 11 is 0. The van der Waals surface area contributed by atoms with E-state index in [-0.39, 0.29) is 34.2 Å². The number of nitrogens with one attached hydrogen (secondary N) is 1. The molecule has 2 aromatic rings. The number of carbonyl (C=O) groups excluding carboxylic acids is 2. The van der Waals surface area contributed by atoms with Crippen LogP contribution in [0.5, 0.6) is 0 Å². The third-order valence-corrected chi connectivity index (χ3v) is 7.16. The first-order valence-corrected chi connectivity index (χ1v) is 11.2. The van der Waals surface area contributed by atoms with E-state index in [1.807, 2.05) is 0 Å². The van der Waals surface area contributed by atoms with Crippen LogP contribution >= 0.6 is 0 Å². The zero-order valence-corrected chi connectivity index (χ0v) is 17.3. The minimum absolute atomic E-state index is 0.00116. The van der Waals surface area contributed by atoms with E-state index in [1.165, 1.54) is 12.1 Å². The van der Waals surface area contributed by atoms with Crippen LogP contribution in [0.4, 0.5) is 10.1 Å². The highest BCUT2D eigenvalue weighted by molar-refractivity contribution is 7.92. The van der Waals surface area contributed by atoms with Gasteiger partial charge in [0.1, 0.15) is 5.82 Å². The molecular weight excluding hydrogens is 409 g/mol. The van der Waals surface area contributed by atoms with Crippen LogP contribution < -0.4 is 9.62 Å². The zero-order chi connectivity index (χ0) is 21.5. The van der Waals surface area contributed by atoms with Gasteiger partial charge in [0.15, 0.2) is 0 Å². The number of sulfonamides is 1. The fourth-order valence-electron chi connectivity index (χ4n) is 3.85. The van der Waals surface area contributed by atoms with Gasteiger partial charge in [-0.3, -0.25) is 13.9 Å². The number of benzene rings is 2. The topological polar surface area (TPSA) is 86.8 Å². The van der Waals surface area contributed by atoms with Crippen LogP contribution in [-0.2, 0) is 10.0 Å². The van der Waals surface area contributed by atoms with Gasteiger partial charge in [-0.2, -0.15) is 0 Å². The molecule has 0 aliphatic carbocycles. The highest BCUT2D eigenvalue weighted by Crippen LogP contribution is 2.30. The quantitative estimate of drug-likeness (QED) is 0.809. The van der Waals surface area contributed by atoms with Gasteiger partial charge in [0.05, 0.1) is 28.3 Å². The first-order valence-electron chi connectivity index (χ1n) is 9.80. The Morgan fingerprint density at radius 2 is 1.83 bits per heavy atom. The molecule has 158 valence electrons. The summed E-state index contributed by atoms with van der Waals surface area (Å²) in [4.78, 5) is 26.2. The molecule has 4 rings (SSSR count). The summed E-state index contributed by atoms with van der Waals surface area (Å²) in [6, 6.07) is 9.29. The number of anilines is 1. The largest absolute Gasteiger partial charge is 0.348 e. The van der Waals surface area contributed by atoms with Gasteiger partial charge in [-0.15, -0.1) is 0 Å². The second kappa shape index (κ2) is 7.71. The smallest absolute Gasteiger partial charge is 0.264 e. The Balaban J connectivity index is 1.73. The fourth-order valence-corrected chi connectivity index (χ4v) is 5.44. The lowest BCUT2D eigenvalue weighted by Gasteiger charge is -2.25. The van der Waals surface area contributed by atoms with Crippen molar-refractivity contribution in [1.82, 2.24) is 10.2 Å². The number of hydrogen-bond donors (Lipinski definition) is 1. The van der Waals surface area contributed by atoms with Gasteiger partial charge in [0.25, 0.3) is 21.8 Å². The number of nitrogens with zero attached hydrogens (tertiary/aromatic N) is 2. The minimum Gasteiger partial charge on any atom is -0.348 e. The number of halogens is 1. The SMILES string of the molecule is C[C@@H]1CN(S(=O)(=O)c2ccc(C(=O)N3CCCC3)c(F)c2)c2ccccc2C(=O)N1. The molecule has 0 bridgehead atoms. The summed E-state index contributed by atoms with van der Waals surface area (Å²) in [6.45, 7) is 2.84. The van der Waals surface area contributed by atoms with Gasteiger partial charge < -0.3 is 10.2 Å². The third-order valence-electron chi connectivity index (χ3n) is 5.39. The first kappa shape index (κ1) is 20.3. The summed E-state index contributed by atoms with van der Waals surface area (Å²) < 4.78 is 42.6. The van der Waals surface area contributed by atoms with Crippen molar-refractivity contribution in [2.24, 2.45) is 0 Å². The Bertz CT molecular complexity index is 1110. The Morgan fingerprint density at radius 1 is 1.13 bits per heavy atom. The second-order valence-electron chi connectivity index (χ2n) is 7.57. The van der Waals surface area contributed by atoms with Gasteiger partial charge in [-0.25, -0.2) is 12.8 Å². The van der Waals surface area contributed by atoms with Crippen LogP contribution in [-0.4, -0.2) is 50.8 Å². The molecule has 1 fully saturated rings. The number of para-hydroxylation sites is 1. The van der Waals surface area contributed by atoms with E-state index in [0.29, 0.717) is 13.1 Å². The summed E-state index contributed by atoms with van der Waals surface area (Å²) in [5.74, 6) is -1.68. The maximum atomic E-state index is 14.8. The molecule has 1 N–H and O–H groups in total. The number of rotatable bonds is 3. The van der Waals surface area contributed by atoms with E-state index >= 15 is 0 Å². The summed E-state index contributed by atoms with van der Waals surface area (Å²) in [5.41, 5.74) is 0.320. The monoisotopic (exact) mass is 431 g/mol. The molecule has 2 aliphatic heterocycles. The van der Waals surface area contributed by atoms with Gasteiger partial charge >= 0.3 is 0 Å². The molecule has 9 heteroatoms. The van der Waals surface area contributed by atoms with E-state index in [4.69, 9.17) is 0 Å². The molecule has 0 saturated carbocycles. The van der Waals surface area contributed by atoms with Gasteiger partial charge in [-0.05, 0) is 50.1 Å². The van der Waals surface area contributed by atoms with E-state index < -0.39 is 27.8 Å². The van der Waals surface area contributed by atoms with Crippen molar-refractivity contribution in [3.63, 3.8) is 0 Å². The van der Waals surface area contributed by atoms with Crippen molar-refractivity contribution in [2.45, 2.75) is 30.7 Å². The van der Waals surface area contributed by atoms with E-state index in [2.05, 4.69) is 5.32 Å². The van der Waals surface area contributed by atoms with Crippen molar-refractivity contribution in [1.29, 1.82) is 0 Å². The van der Waals surface area contributed by atoms with E-state index in [1.54, 1.807) is 36.1 Å². The van der Waals surface area contributed by atoms with Crippen molar-refractivity contribution in [3.05, 3.63) is 59.4 Å². The summed E-state index contributed by atoms with van der Waals surface area (Å²) in [7, 11) is -4.16. The molecular formula is C21H22FN3O4S. The molecule has 0 radical (unpaired) electrons. The molecule has 0 aromatic heterocycles. The van der Waals surface area contributed by atoms with Gasteiger partial charge in [0.2, 0.25) is 0 Å². The minimum atomic E-state index is -4.16. The number of hydrogen-bond acceptors (Lipinski definition) is 4. The van der Waals surface area contributed by atoms with Crippen LogP contribution in [0.2, 0.25) is 0 Å². The Labute approximate surface area is 174 Å². The second-order valence-corrected chi connectivity index (χ2v) is 9.43. The normalized spacial score (nSPS) is 19.3. The molecule has 2 amide bonds. The number of fused-ring (bicyclic) bond motifs is 1. The van der Waals surface area contributed by atoms with E-state index in [9.17, 15) is 22.4 Å². The molecule has 2 aliphatic rings. The average Bonchev–Trinajstić information content (AvgIpc) is 3.22. The standard InChI is InChI=1S/C21H22FN3O4S/c1-14-13-25(19-7-3-2-6-17(19)20(26)23-14)30(28,29)15-8-9-16(18(22)12-15)21(27)24-10-4-5-11-24/h2-3,6-9,12,14H,4-5,10-11,13H2,1H3,(H,23,26)/t14-/m1/s1. The number of carbonyl (C=O) groups is 2. The van der Waals surface area contributed by atoms with Crippen molar-refractivity contribution < 1.29 is 22.4 Å². The Morgan fingerprint density at radius 3 is 2.53 bits per heavy atom. The molecule has 7 nitrogen and oxygen atoms in total. The molecule has 0 spiro atoms. The van der Waals surface area contributed by atoms with Crippen molar-refractivity contribution in [2.75, 3.05) is 23.9 Å². The maximum absolute atomic E-state index is 14.8. The molecule has 1 atom stereocenters. The fraction of sp³-hybridized carbons (Fsp3) is 0.333. The van der Waals surface area contributed by atoms with Crippen LogP contribution in [0.15, 0.2) is 47.4 Å². The van der Waals surface area contributed by atoms with Crippen LogP contribution in [0.25, 0.3) is 0 Å². The van der Waals surface area contributed by atoms with Crippen LogP contribution in [0.3, 0.4) is 0 Å². The highest BCUT2D eigenvalue weighted by atomic mass is 32.2. The summed E-state index contributed by atoms with van der Waals surface area (Å²) in [6.07, 6.45) is 1.75.